The molecule has 1 heterocycles. The first kappa shape index (κ1) is 12.0. The van der Waals surface area contributed by atoms with Gasteiger partial charge in [-0.2, -0.15) is 0 Å². The molecule has 0 aromatic heterocycles. The van der Waals surface area contributed by atoms with Gasteiger partial charge in [-0.25, -0.2) is 4.39 Å². The zero-order chi connectivity index (χ0) is 12.6. The van der Waals surface area contributed by atoms with Gasteiger partial charge < -0.3 is 10.6 Å². The SMILES string of the molecule is CC(C)(CN)C(=O)N1CCc2ccc(F)cc21. The summed E-state index contributed by atoms with van der Waals surface area (Å²) >= 11 is 0. The molecule has 1 aliphatic rings. The Morgan fingerprint density at radius 3 is 2.88 bits per heavy atom. The lowest BCUT2D eigenvalue weighted by Crippen LogP contribution is -2.44. The number of nitrogens with zero attached hydrogens (tertiary/aromatic N) is 1. The van der Waals surface area contributed by atoms with Crippen molar-refractivity contribution in [1.82, 2.24) is 0 Å². The minimum Gasteiger partial charge on any atom is -0.329 e. The molecular weight excluding hydrogens is 219 g/mol. The van der Waals surface area contributed by atoms with Gasteiger partial charge in [0.1, 0.15) is 5.82 Å². The molecule has 1 aromatic carbocycles. The van der Waals surface area contributed by atoms with Crippen LogP contribution in [0.1, 0.15) is 19.4 Å². The first-order valence-electron chi connectivity index (χ1n) is 5.76. The fourth-order valence-electron chi connectivity index (χ4n) is 2.02. The number of carbonyl (C=O) groups is 1. The molecule has 0 spiro atoms. The molecule has 0 unspecified atom stereocenters. The summed E-state index contributed by atoms with van der Waals surface area (Å²) in [5.41, 5.74) is 6.71. The molecule has 2 rings (SSSR count). The molecule has 0 bridgehead atoms. The Morgan fingerprint density at radius 1 is 1.53 bits per heavy atom. The molecule has 0 atom stereocenters. The average Bonchev–Trinajstić information content (AvgIpc) is 2.70. The van der Waals surface area contributed by atoms with Crippen molar-refractivity contribution in [2.75, 3.05) is 18.0 Å². The molecule has 2 N–H and O–H groups in total. The van der Waals surface area contributed by atoms with Crippen LogP contribution < -0.4 is 10.6 Å². The number of benzene rings is 1. The van der Waals surface area contributed by atoms with E-state index in [1.807, 2.05) is 13.8 Å². The van der Waals surface area contributed by atoms with Gasteiger partial charge in [0.2, 0.25) is 5.91 Å². The highest BCUT2D eigenvalue weighted by molar-refractivity contribution is 5.99. The van der Waals surface area contributed by atoms with Crippen LogP contribution in [0.2, 0.25) is 0 Å². The smallest absolute Gasteiger partial charge is 0.233 e. The number of nitrogens with two attached hydrogens (primary N) is 1. The fourth-order valence-corrected chi connectivity index (χ4v) is 2.02. The van der Waals surface area contributed by atoms with Crippen LogP contribution >= 0.6 is 0 Å². The first-order chi connectivity index (χ1) is 7.95. The zero-order valence-corrected chi connectivity index (χ0v) is 10.2. The normalized spacial score (nSPS) is 14.9. The Labute approximate surface area is 100 Å². The molecule has 1 aromatic rings. The van der Waals surface area contributed by atoms with Crippen molar-refractivity contribution < 1.29 is 9.18 Å². The molecule has 0 saturated carbocycles. The minimum atomic E-state index is -0.603. The highest BCUT2D eigenvalue weighted by Gasteiger charge is 2.34. The third-order valence-electron chi connectivity index (χ3n) is 3.28. The van der Waals surface area contributed by atoms with Gasteiger partial charge in [0, 0.05) is 18.8 Å². The van der Waals surface area contributed by atoms with Gasteiger partial charge in [-0.05, 0) is 38.0 Å². The maximum Gasteiger partial charge on any atom is 0.233 e. The standard InChI is InChI=1S/C13H17FN2O/c1-13(2,8-15)12(17)16-6-5-9-3-4-10(14)7-11(9)16/h3-4,7H,5-6,8,15H2,1-2H3. The van der Waals surface area contributed by atoms with Crippen LogP contribution in [0.5, 0.6) is 0 Å². The van der Waals surface area contributed by atoms with Crippen LogP contribution in [0.25, 0.3) is 0 Å². The van der Waals surface area contributed by atoms with Crippen LogP contribution in [0.15, 0.2) is 18.2 Å². The number of carbonyl (C=O) groups excluding carboxylic acids is 1. The minimum absolute atomic E-state index is 0.0376. The molecule has 17 heavy (non-hydrogen) atoms. The number of hydrogen-bond donors (Lipinski definition) is 1. The molecule has 0 saturated heterocycles. The molecule has 1 amide bonds. The van der Waals surface area contributed by atoms with Crippen molar-refractivity contribution in [1.29, 1.82) is 0 Å². The maximum absolute atomic E-state index is 13.2. The Hall–Kier alpha value is -1.42. The van der Waals surface area contributed by atoms with Crippen LogP contribution in [-0.4, -0.2) is 19.0 Å². The highest BCUT2D eigenvalue weighted by Crippen LogP contribution is 2.32. The van der Waals surface area contributed by atoms with E-state index in [4.69, 9.17) is 5.73 Å². The van der Waals surface area contributed by atoms with Crippen LogP contribution in [0.3, 0.4) is 0 Å². The van der Waals surface area contributed by atoms with Crippen LogP contribution in [0, 0.1) is 11.2 Å². The average molecular weight is 236 g/mol. The fraction of sp³-hybridized carbons (Fsp3) is 0.462. The van der Waals surface area contributed by atoms with Gasteiger partial charge in [0.25, 0.3) is 0 Å². The predicted octanol–water partition coefficient (Wildman–Crippen LogP) is 1.70. The van der Waals surface area contributed by atoms with Crippen LogP contribution in [-0.2, 0) is 11.2 Å². The Balaban J connectivity index is 2.34. The van der Waals surface area contributed by atoms with Crippen molar-refractivity contribution >= 4 is 11.6 Å². The molecular formula is C13H17FN2O. The van der Waals surface area contributed by atoms with Gasteiger partial charge in [0.05, 0.1) is 5.41 Å². The molecule has 1 aliphatic heterocycles. The second-order valence-electron chi connectivity index (χ2n) is 5.07. The van der Waals surface area contributed by atoms with Crippen molar-refractivity contribution in [3.05, 3.63) is 29.6 Å². The van der Waals surface area contributed by atoms with Gasteiger partial charge in [-0.15, -0.1) is 0 Å². The Kier molecular flexibility index (Phi) is 2.91. The quantitative estimate of drug-likeness (QED) is 0.849. The summed E-state index contributed by atoms with van der Waals surface area (Å²) < 4.78 is 13.2. The van der Waals surface area contributed by atoms with E-state index in [9.17, 15) is 9.18 Å². The van der Waals surface area contributed by atoms with Crippen molar-refractivity contribution in [3.63, 3.8) is 0 Å². The predicted molar refractivity (Wildman–Crippen MR) is 65.3 cm³/mol. The third-order valence-corrected chi connectivity index (χ3v) is 3.28. The molecule has 3 nitrogen and oxygen atoms in total. The van der Waals surface area contributed by atoms with E-state index in [1.54, 1.807) is 11.0 Å². The number of amides is 1. The summed E-state index contributed by atoms with van der Waals surface area (Å²) in [4.78, 5) is 13.9. The molecule has 0 aliphatic carbocycles. The van der Waals surface area contributed by atoms with Crippen molar-refractivity contribution in [2.24, 2.45) is 11.1 Å². The maximum atomic E-state index is 13.2. The summed E-state index contributed by atoms with van der Waals surface area (Å²) in [6.45, 7) is 4.52. The largest absolute Gasteiger partial charge is 0.329 e. The summed E-state index contributed by atoms with van der Waals surface area (Å²) in [7, 11) is 0. The summed E-state index contributed by atoms with van der Waals surface area (Å²) in [6, 6.07) is 4.60. The number of fused-ring (bicyclic) bond motifs is 1. The molecule has 0 radical (unpaired) electrons. The molecule has 92 valence electrons. The summed E-state index contributed by atoms with van der Waals surface area (Å²) in [5, 5.41) is 0. The first-order valence-corrected chi connectivity index (χ1v) is 5.76. The number of rotatable bonds is 2. The van der Waals surface area contributed by atoms with E-state index in [2.05, 4.69) is 0 Å². The van der Waals surface area contributed by atoms with E-state index in [-0.39, 0.29) is 18.3 Å². The van der Waals surface area contributed by atoms with Crippen LogP contribution in [0.4, 0.5) is 10.1 Å². The number of anilines is 1. The number of hydrogen-bond acceptors (Lipinski definition) is 2. The van der Waals surface area contributed by atoms with Crippen molar-refractivity contribution in [2.45, 2.75) is 20.3 Å². The van der Waals surface area contributed by atoms with E-state index in [1.165, 1.54) is 12.1 Å². The lowest BCUT2D eigenvalue weighted by atomic mass is 9.92. The second kappa shape index (κ2) is 4.11. The van der Waals surface area contributed by atoms with E-state index < -0.39 is 5.41 Å². The second-order valence-corrected chi connectivity index (χ2v) is 5.07. The van der Waals surface area contributed by atoms with Gasteiger partial charge in [0.15, 0.2) is 0 Å². The van der Waals surface area contributed by atoms with Gasteiger partial charge in [-0.3, -0.25) is 4.79 Å². The van der Waals surface area contributed by atoms with E-state index in [0.29, 0.717) is 12.2 Å². The van der Waals surface area contributed by atoms with Gasteiger partial charge in [-0.1, -0.05) is 6.07 Å². The molecule has 4 heteroatoms. The lowest BCUT2D eigenvalue weighted by Gasteiger charge is -2.28. The zero-order valence-electron chi connectivity index (χ0n) is 10.2. The Bertz CT molecular complexity index is 457. The topological polar surface area (TPSA) is 46.3 Å². The van der Waals surface area contributed by atoms with E-state index in [0.717, 1.165) is 12.0 Å². The lowest BCUT2D eigenvalue weighted by molar-refractivity contribution is -0.126. The summed E-state index contributed by atoms with van der Waals surface area (Å²) in [5.74, 6) is -0.349. The molecule has 0 fully saturated rings. The Morgan fingerprint density at radius 2 is 2.24 bits per heavy atom. The third kappa shape index (κ3) is 2.05. The summed E-state index contributed by atoms with van der Waals surface area (Å²) in [6.07, 6.45) is 0.780. The van der Waals surface area contributed by atoms with E-state index >= 15 is 0 Å². The highest BCUT2D eigenvalue weighted by atomic mass is 19.1. The van der Waals surface area contributed by atoms with Crippen molar-refractivity contribution in [3.8, 4) is 0 Å². The number of halogens is 1. The monoisotopic (exact) mass is 236 g/mol. The van der Waals surface area contributed by atoms with Gasteiger partial charge >= 0.3 is 0 Å².